The molecule has 0 fully saturated rings. The second kappa shape index (κ2) is 3.79. The van der Waals surface area contributed by atoms with Gasteiger partial charge in [0, 0.05) is 29.7 Å². The zero-order valence-electron chi connectivity index (χ0n) is 8.95. The van der Waals surface area contributed by atoms with Gasteiger partial charge in [-0.1, -0.05) is 17.3 Å². The SMILES string of the molecule is Nc1cc(-c2cccc(-n3ccnc3)c2)no1. The minimum Gasteiger partial charge on any atom is -0.368 e. The Balaban J connectivity index is 2.05. The molecule has 0 atom stereocenters. The fourth-order valence-corrected chi connectivity index (χ4v) is 1.66. The van der Waals surface area contributed by atoms with Crippen LogP contribution in [0.5, 0.6) is 0 Å². The summed E-state index contributed by atoms with van der Waals surface area (Å²) in [5, 5.41) is 3.88. The van der Waals surface area contributed by atoms with Gasteiger partial charge in [0.05, 0.1) is 6.33 Å². The molecule has 17 heavy (non-hydrogen) atoms. The molecule has 3 rings (SSSR count). The molecule has 0 aliphatic rings. The molecule has 2 N–H and O–H groups in total. The molecule has 84 valence electrons. The number of imidazole rings is 1. The zero-order valence-corrected chi connectivity index (χ0v) is 8.95. The molecule has 0 aliphatic carbocycles. The third-order valence-corrected chi connectivity index (χ3v) is 2.47. The number of nitrogen functional groups attached to an aromatic ring is 1. The van der Waals surface area contributed by atoms with Crippen molar-refractivity contribution in [2.24, 2.45) is 0 Å². The number of hydrogen-bond acceptors (Lipinski definition) is 4. The normalized spacial score (nSPS) is 10.6. The fraction of sp³-hybridized carbons (Fsp3) is 0. The van der Waals surface area contributed by atoms with Gasteiger partial charge in [-0.25, -0.2) is 4.98 Å². The Morgan fingerprint density at radius 2 is 2.18 bits per heavy atom. The topological polar surface area (TPSA) is 69.9 Å². The van der Waals surface area contributed by atoms with Crippen LogP contribution in [0.25, 0.3) is 16.9 Å². The number of nitrogens with zero attached hydrogens (tertiary/aromatic N) is 3. The second-order valence-electron chi connectivity index (χ2n) is 3.63. The van der Waals surface area contributed by atoms with Gasteiger partial charge >= 0.3 is 0 Å². The first-order valence-corrected chi connectivity index (χ1v) is 5.14. The van der Waals surface area contributed by atoms with E-state index in [2.05, 4.69) is 10.1 Å². The number of nitrogens with two attached hydrogens (primary N) is 1. The van der Waals surface area contributed by atoms with Crippen molar-refractivity contribution in [3.05, 3.63) is 49.1 Å². The van der Waals surface area contributed by atoms with Crippen LogP contribution in [0.4, 0.5) is 5.88 Å². The lowest BCUT2D eigenvalue weighted by Gasteiger charge is -2.03. The molecule has 1 aromatic carbocycles. The molecule has 0 saturated heterocycles. The Kier molecular flexibility index (Phi) is 2.15. The average Bonchev–Trinajstić information content (AvgIpc) is 3.00. The first-order chi connectivity index (χ1) is 8.33. The Bertz CT molecular complexity index is 628. The molecule has 0 radical (unpaired) electrons. The standard InChI is InChI=1S/C12H10N4O/c13-12-7-11(15-17-12)9-2-1-3-10(6-9)16-5-4-14-8-16/h1-8H,13H2. The highest BCUT2D eigenvalue weighted by atomic mass is 16.5. The van der Waals surface area contributed by atoms with E-state index in [0.717, 1.165) is 16.9 Å². The van der Waals surface area contributed by atoms with E-state index >= 15 is 0 Å². The number of hydrogen-bond donors (Lipinski definition) is 1. The minimum absolute atomic E-state index is 0.313. The lowest BCUT2D eigenvalue weighted by Crippen LogP contribution is -1.90. The largest absolute Gasteiger partial charge is 0.368 e. The fourth-order valence-electron chi connectivity index (χ4n) is 1.66. The van der Waals surface area contributed by atoms with Crippen molar-refractivity contribution in [1.82, 2.24) is 14.7 Å². The van der Waals surface area contributed by atoms with Gasteiger partial charge in [0.25, 0.3) is 0 Å². The molecule has 0 spiro atoms. The van der Waals surface area contributed by atoms with E-state index in [0.29, 0.717) is 5.88 Å². The van der Waals surface area contributed by atoms with Crippen LogP contribution in [-0.2, 0) is 0 Å². The number of benzene rings is 1. The quantitative estimate of drug-likeness (QED) is 0.726. The van der Waals surface area contributed by atoms with Crippen LogP contribution in [-0.4, -0.2) is 14.7 Å². The summed E-state index contributed by atoms with van der Waals surface area (Å²) in [5.41, 5.74) is 8.20. The molecule has 5 heteroatoms. The Morgan fingerprint density at radius 3 is 2.88 bits per heavy atom. The third kappa shape index (κ3) is 1.78. The molecule has 2 heterocycles. The van der Waals surface area contributed by atoms with E-state index in [-0.39, 0.29) is 0 Å². The van der Waals surface area contributed by atoms with E-state index in [4.69, 9.17) is 10.3 Å². The number of rotatable bonds is 2. The van der Waals surface area contributed by atoms with Crippen molar-refractivity contribution in [1.29, 1.82) is 0 Å². The summed E-state index contributed by atoms with van der Waals surface area (Å²) in [4.78, 5) is 4.01. The summed E-state index contributed by atoms with van der Waals surface area (Å²) >= 11 is 0. The van der Waals surface area contributed by atoms with Crippen molar-refractivity contribution in [3.8, 4) is 16.9 Å². The van der Waals surface area contributed by atoms with E-state index < -0.39 is 0 Å². The predicted molar refractivity (Wildman–Crippen MR) is 63.5 cm³/mol. The molecule has 2 aromatic heterocycles. The molecule has 3 aromatic rings. The van der Waals surface area contributed by atoms with Gasteiger partial charge in [-0.3, -0.25) is 0 Å². The highest BCUT2D eigenvalue weighted by molar-refractivity contribution is 5.63. The van der Waals surface area contributed by atoms with Gasteiger partial charge in [-0.2, -0.15) is 0 Å². The smallest absolute Gasteiger partial charge is 0.222 e. The highest BCUT2D eigenvalue weighted by Crippen LogP contribution is 2.22. The maximum atomic E-state index is 5.50. The predicted octanol–water partition coefficient (Wildman–Crippen LogP) is 2.11. The van der Waals surface area contributed by atoms with Crippen LogP contribution in [0, 0.1) is 0 Å². The van der Waals surface area contributed by atoms with Crippen molar-refractivity contribution in [2.75, 3.05) is 5.73 Å². The second-order valence-corrected chi connectivity index (χ2v) is 3.63. The molecular weight excluding hydrogens is 216 g/mol. The number of anilines is 1. The first-order valence-electron chi connectivity index (χ1n) is 5.14. The van der Waals surface area contributed by atoms with Gasteiger partial charge in [0.15, 0.2) is 0 Å². The molecule has 0 bridgehead atoms. The van der Waals surface area contributed by atoms with Crippen LogP contribution in [0.2, 0.25) is 0 Å². The summed E-state index contributed by atoms with van der Waals surface area (Å²) in [5.74, 6) is 0.313. The summed E-state index contributed by atoms with van der Waals surface area (Å²) in [6.45, 7) is 0. The van der Waals surface area contributed by atoms with E-state index in [1.165, 1.54) is 0 Å². The van der Waals surface area contributed by atoms with Gasteiger partial charge in [-0.05, 0) is 12.1 Å². The van der Waals surface area contributed by atoms with Gasteiger partial charge in [0.2, 0.25) is 5.88 Å². The summed E-state index contributed by atoms with van der Waals surface area (Å²) in [6.07, 6.45) is 5.37. The van der Waals surface area contributed by atoms with E-state index in [1.807, 2.05) is 35.0 Å². The van der Waals surface area contributed by atoms with E-state index in [1.54, 1.807) is 18.6 Å². The molecule has 0 saturated carbocycles. The van der Waals surface area contributed by atoms with Crippen LogP contribution < -0.4 is 5.73 Å². The van der Waals surface area contributed by atoms with Gasteiger partial charge < -0.3 is 14.8 Å². The summed E-state index contributed by atoms with van der Waals surface area (Å²) in [6, 6.07) is 9.61. The number of aromatic nitrogens is 3. The van der Waals surface area contributed by atoms with Crippen molar-refractivity contribution in [3.63, 3.8) is 0 Å². The van der Waals surface area contributed by atoms with Crippen LogP contribution in [0.15, 0.2) is 53.6 Å². The summed E-state index contributed by atoms with van der Waals surface area (Å²) < 4.78 is 6.78. The van der Waals surface area contributed by atoms with E-state index in [9.17, 15) is 0 Å². The Morgan fingerprint density at radius 1 is 1.24 bits per heavy atom. The molecular formula is C12H10N4O. The average molecular weight is 226 g/mol. The highest BCUT2D eigenvalue weighted by Gasteiger charge is 2.05. The van der Waals surface area contributed by atoms with Gasteiger partial charge in [0.1, 0.15) is 5.69 Å². The molecule has 0 unspecified atom stereocenters. The van der Waals surface area contributed by atoms with Gasteiger partial charge in [-0.15, -0.1) is 0 Å². The Labute approximate surface area is 97.5 Å². The monoisotopic (exact) mass is 226 g/mol. The molecule has 5 nitrogen and oxygen atoms in total. The lowest BCUT2D eigenvalue weighted by atomic mass is 10.1. The third-order valence-electron chi connectivity index (χ3n) is 2.47. The zero-order chi connectivity index (χ0) is 11.7. The van der Waals surface area contributed by atoms with Crippen molar-refractivity contribution >= 4 is 5.88 Å². The molecule has 0 aliphatic heterocycles. The van der Waals surface area contributed by atoms with Crippen LogP contribution in [0.3, 0.4) is 0 Å². The van der Waals surface area contributed by atoms with Crippen molar-refractivity contribution < 1.29 is 4.52 Å². The Hall–Kier alpha value is -2.56. The molecule has 0 amide bonds. The maximum absolute atomic E-state index is 5.50. The van der Waals surface area contributed by atoms with Crippen LogP contribution >= 0.6 is 0 Å². The summed E-state index contributed by atoms with van der Waals surface area (Å²) in [7, 11) is 0. The maximum Gasteiger partial charge on any atom is 0.222 e. The minimum atomic E-state index is 0.313. The lowest BCUT2D eigenvalue weighted by molar-refractivity contribution is 0.439. The van der Waals surface area contributed by atoms with Crippen LogP contribution in [0.1, 0.15) is 0 Å². The first kappa shape index (κ1) is 9.65. The van der Waals surface area contributed by atoms with Crippen molar-refractivity contribution in [2.45, 2.75) is 0 Å².